The Morgan fingerprint density at radius 2 is 2.10 bits per heavy atom. The third kappa shape index (κ3) is 6.27. The Morgan fingerprint density at radius 1 is 1.26 bits per heavy atom. The maximum Gasteiger partial charge on any atom is 0.255 e. The Kier molecular flexibility index (Phi) is 9.09. The number of amidine groups is 1. The Hall–Kier alpha value is -4.35. The Balaban J connectivity index is 1.48. The van der Waals surface area contributed by atoms with Gasteiger partial charge in [-0.3, -0.25) is 15.2 Å². The van der Waals surface area contributed by atoms with Crippen LogP contribution in [0, 0.1) is 11.2 Å². The summed E-state index contributed by atoms with van der Waals surface area (Å²) >= 11 is 6.22. The number of fused-ring (bicyclic) bond motifs is 1. The lowest BCUT2D eigenvalue weighted by atomic mass is 9.90. The molecule has 2 aromatic heterocycles. The number of hydrogen-bond acceptors (Lipinski definition) is 6. The molecule has 1 aliphatic rings. The smallest absolute Gasteiger partial charge is 0.255 e. The second-order valence-electron chi connectivity index (χ2n) is 9.96. The van der Waals surface area contributed by atoms with Gasteiger partial charge in [0.15, 0.2) is 5.84 Å². The monoisotopic (exact) mass is 591 g/mol. The molecule has 1 amide bonds. The number of pyridine rings is 1. The van der Waals surface area contributed by atoms with E-state index < -0.39 is 5.82 Å². The number of aromatic nitrogens is 3. The van der Waals surface area contributed by atoms with E-state index in [2.05, 4.69) is 15.3 Å². The minimum Gasteiger partial charge on any atom is -0.490 e. The van der Waals surface area contributed by atoms with Crippen molar-refractivity contribution in [3.05, 3.63) is 76.8 Å². The van der Waals surface area contributed by atoms with E-state index in [1.807, 2.05) is 4.57 Å². The molecular weight excluding hydrogens is 561 g/mol. The minimum atomic E-state index is -0.394. The van der Waals surface area contributed by atoms with Crippen molar-refractivity contribution < 1.29 is 18.7 Å². The van der Waals surface area contributed by atoms with E-state index >= 15 is 4.39 Å². The summed E-state index contributed by atoms with van der Waals surface area (Å²) in [5.41, 5.74) is 8.40. The van der Waals surface area contributed by atoms with Crippen molar-refractivity contribution >= 4 is 40.7 Å². The third-order valence-electron chi connectivity index (χ3n) is 7.23. The van der Waals surface area contributed by atoms with E-state index in [0.717, 1.165) is 25.6 Å². The second-order valence-corrected chi connectivity index (χ2v) is 10.4. The van der Waals surface area contributed by atoms with Gasteiger partial charge in [-0.15, -0.1) is 0 Å². The largest absolute Gasteiger partial charge is 0.490 e. The maximum atomic E-state index is 15.1. The first-order chi connectivity index (χ1) is 20.4. The number of amides is 1. The molecule has 1 fully saturated rings. The van der Waals surface area contributed by atoms with Crippen LogP contribution >= 0.6 is 11.6 Å². The molecule has 12 heteroatoms. The molecule has 2 aromatic carbocycles. The summed E-state index contributed by atoms with van der Waals surface area (Å²) in [6.45, 7) is 0.676. The molecule has 5 rings (SSSR count). The average molecular weight is 592 g/mol. The molecule has 0 spiro atoms. The Morgan fingerprint density at radius 3 is 2.88 bits per heavy atom. The number of carbonyl (C=O) groups excluding carboxylic acids is 1. The Labute approximate surface area is 247 Å². The van der Waals surface area contributed by atoms with E-state index in [9.17, 15) is 4.79 Å². The predicted molar refractivity (Wildman–Crippen MR) is 160 cm³/mol. The van der Waals surface area contributed by atoms with Crippen molar-refractivity contribution in [3.8, 4) is 17.1 Å². The molecule has 1 saturated carbocycles. The van der Waals surface area contributed by atoms with Gasteiger partial charge in [-0.05, 0) is 62.1 Å². The first-order valence-corrected chi connectivity index (χ1v) is 13.9. The normalized spacial score (nSPS) is 17.3. The van der Waals surface area contributed by atoms with E-state index in [1.165, 1.54) is 6.07 Å². The van der Waals surface area contributed by atoms with Gasteiger partial charge in [-0.25, -0.2) is 14.4 Å². The van der Waals surface area contributed by atoms with Crippen molar-refractivity contribution in [1.82, 2.24) is 19.9 Å². The van der Waals surface area contributed by atoms with Crippen LogP contribution in [-0.4, -0.2) is 59.0 Å². The van der Waals surface area contributed by atoms with Crippen LogP contribution in [0.4, 0.5) is 4.39 Å². The van der Waals surface area contributed by atoms with Crippen LogP contribution in [0.15, 0.2) is 59.7 Å². The molecule has 2 unspecified atom stereocenters. The molecule has 10 nitrogen and oxygen atoms in total. The van der Waals surface area contributed by atoms with E-state index in [1.54, 1.807) is 55.8 Å². The van der Waals surface area contributed by atoms with Crippen LogP contribution in [0.3, 0.4) is 0 Å². The van der Waals surface area contributed by atoms with Crippen molar-refractivity contribution in [2.75, 3.05) is 20.3 Å². The summed E-state index contributed by atoms with van der Waals surface area (Å²) in [4.78, 5) is 26.4. The lowest BCUT2D eigenvalue weighted by Gasteiger charge is -2.32. The quantitative estimate of drug-likeness (QED) is 0.132. The number of ether oxygens (including phenoxy) is 2. The lowest BCUT2D eigenvalue weighted by molar-refractivity contribution is 0.0913. The fourth-order valence-corrected chi connectivity index (χ4v) is 5.48. The van der Waals surface area contributed by atoms with Crippen LogP contribution in [0.25, 0.3) is 22.4 Å². The van der Waals surface area contributed by atoms with Crippen molar-refractivity contribution in [2.24, 2.45) is 10.7 Å². The molecule has 4 N–H and O–H groups in total. The molecule has 4 aromatic rings. The molecular formula is C30H31ClFN7O3. The SMILES string of the molecule is COCCOc1ccc(Cl)cc1C(=O)NC1CCCC(n2c(-c3ccccc3F)nc3cnc(C(N)=NC=N)cc32)C1. The number of nitrogens with one attached hydrogen (secondary N) is 2. The first kappa shape index (κ1) is 29.2. The predicted octanol–water partition coefficient (Wildman–Crippen LogP) is 5.14. The summed E-state index contributed by atoms with van der Waals surface area (Å²) in [6.07, 6.45) is 5.41. The van der Waals surface area contributed by atoms with Gasteiger partial charge in [0, 0.05) is 24.2 Å². The van der Waals surface area contributed by atoms with E-state index in [-0.39, 0.29) is 23.8 Å². The number of halogens is 2. The van der Waals surface area contributed by atoms with Crippen LogP contribution in [0.2, 0.25) is 5.02 Å². The molecule has 218 valence electrons. The highest BCUT2D eigenvalue weighted by atomic mass is 35.5. The highest BCUT2D eigenvalue weighted by Gasteiger charge is 2.30. The molecule has 2 heterocycles. The number of nitrogens with two attached hydrogens (primary N) is 1. The molecule has 2 atom stereocenters. The topological polar surface area (TPSA) is 140 Å². The molecule has 0 saturated heterocycles. The van der Waals surface area contributed by atoms with Crippen LogP contribution < -0.4 is 15.8 Å². The minimum absolute atomic E-state index is 0.0888. The van der Waals surface area contributed by atoms with Gasteiger partial charge in [-0.2, -0.15) is 0 Å². The number of methoxy groups -OCH3 is 1. The van der Waals surface area contributed by atoms with Gasteiger partial charge in [0.25, 0.3) is 5.91 Å². The van der Waals surface area contributed by atoms with Crippen molar-refractivity contribution in [3.63, 3.8) is 0 Å². The average Bonchev–Trinajstić information content (AvgIpc) is 3.37. The summed E-state index contributed by atoms with van der Waals surface area (Å²) < 4.78 is 27.9. The van der Waals surface area contributed by atoms with E-state index in [4.69, 9.17) is 37.2 Å². The number of nitrogens with zero attached hydrogens (tertiary/aromatic N) is 4. The van der Waals surface area contributed by atoms with Gasteiger partial charge in [0.1, 0.15) is 41.5 Å². The second kappa shape index (κ2) is 13.1. The van der Waals surface area contributed by atoms with Crippen LogP contribution in [0.1, 0.15) is 47.8 Å². The number of rotatable bonds is 10. The van der Waals surface area contributed by atoms with Crippen molar-refractivity contribution in [2.45, 2.75) is 37.8 Å². The van der Waals surface area contributed by atoms with Gasteiger partial charge in [-0.1, -0.05) is 23.7 Å². The van der Waals surface area contributed by atoms with Gasteiger partial charge in [0.05, 0.1) is 29.4 Å². The summed E-state index contributed by atoms with van der Waals surface area (Å²) in [5.74, 6) is 0.293. The highest BCUT2D eigenvalue weighted by Crippen LogP contribution is 2.37. The van der Waals surface area contributed by atoms with E-state index in [0.29, 0.717) is 64.1 Å². The fraction of sp³-hybridized carbons (Fsp3) is 0.300. The number of aliphatic imine (C=N–C) groups is 1. The van der Waals surface area contributed by atoms with Crippen LogP contribution in [0.5, 0.6) is 5.75 Å². The number of hydrogen-bond donors (Lipinski definition) is 3. The summed E-state index contributed by atoms with van der Waals surface area (Å²) in [7, 11) is 1.58. The first-order valence-electron chi connectivity index (χ1n) is 13.6. The van der Waals surface area contributed by atoms with Gasteiger partial charge >= 0.3 is 0 Å². The van der Waals surface area contributed by atoms with Crippen molar-refractivity contribution in [1.29, 1.82) is 5.41 Å². The van der Waals surface area contributed by atoms with Gasteiger partial charge in [0.2, 0.25) is 0 Å². The van der Waals surface area contributed by atoms with Gasteiger partial charge < -0.3 is 25.1 Å². The molecule has 1 aliphatic carbocycles. The molecule has 0 radical (unpaired) electrons. The zero-order valence-electron chi connectivity index (χ0n) is 23.0. The number of benzene rings is 2. The zero-order chi connectivity index (χ0) is 29.6. The standard InChI is InChI=1S/C30H31ClFN7O3/c1-41-11-12-42-27-10-9-18(31)13-22(27)30(40)37-19-5-4-6-20(14-19)39-26-15-24(28(34)36-17-33)35-16-25(26)38-29(39)21-7-2-3-8-23(21)32/h2-3,7-10,13,15-17,19-20H,4-6,11-12,14H2,1H3,(H,37,40)(H3,33,34,36). The number of carbonyl (C=O) groups is 1. The lowest BCUT2D eigenvalue weighted by Crippen LogP contribution is -2.39. The fourth-order valence-electron chi connectivity index (χ4n) is 5.31. The maximum absolute atomic E-state index is 15.1. The van der Waals surface area contributed by atoms with Crippen LogP contribution in [-0.2, 0) is 4.74 Å². The molecule has 0 bridgehead atoms. The summed E-state index contributed by atoms with van der Waals surface area (Å²) in [6, 6.07) is 12.9. The number of imidazole rings is 1. The Bertz CT molecular complexity index is 1640. The molecule has 0 aliphatic heterocycles. The third-order valence-corrected chi connectivity index (χ3v) is 7.47. The summed E-state index contributed by atoms with van der Waals surface area (Å²) in [5, 5.41) is 10.8. The highest BCUT2D eigenvalue weighted by molar-refractivity contribution is 6.31. The molecule has 42 heavy (non-hydrogen) atoms. The zero-order valence-corrected chi connectivity index (χ0v) is 23.8.